The number of hydrogen-bond acceptors (Lipinski definition) is 2. The highest BCUT2D eigenvalue weighted by molar-refractivity contribution is 9.10. The Kier molecular flexibility index (Phi) is 5.01. The highest BCUT2D eigenvalue weighted by Crippen LogP contribution is 2.15. The summed E-state index contributed by atoms with van der Waals surface area (Å²) in [6.07, 6.45) is 2.65. The van der Waals surface area contributed by atoms with Gasteiger partial charge in [0.05, 0.1) is 0 Å². The van der Waals surface area contributed by atoms with Crippen molar-refractivity contribution in [2.75, 3.05) is 26.7 Å². The zero-order valence-corrected chi connectivity index (χ0v) is 12.0. The van der Waals surface area contributed by atoms with Gasteiger partial charge in [0.2, 0.25) is 0 Å². The monoisotopic (exact) mass is 296 g/mol. The first-order valence-corrected chi connectivity index (χ1v) is 7.17. The van der Waals surface area contributed by atoms with E-state index in [-0.39, 0.29) is 0 Å². The number of rotatable bonds is 4. The van der Waals surface area contributed by atoms with Crippen LogP contribution in [0.25, 0.3) is 0 Å². The van der Waals surface area contributed by atoms with Crippen LogP contribution in [0.15, 0.2) is 28.7 Å². The molecule has 1 saturated heterocycles. The van der Waals surface area contributed by atoms with Gasteiger partial charge in [-0.25, -0.2) is 0 Å². The maximum atomic E-state index is 3.47. The Morgan fingerprint density at radius 1 is 1.24 bits per heavy atom. The lowest BCUT2D eigenvalue weighted by atomic mass is 9.97. The smallest absolute Gasteiger partial charge is 0.0230 e. The van der Waals surface area contributed by atoms with Crippen molar-refractivity contribution >= 4 is 15.9 Å². The van der Waals surface area contributed by atoms with Gasteiger partial charge < -0.3 is 10.2 Å². The molecule has 17 heavy (non-hydrogen) atoms. The predicted molar refractivity (Wildman–Crippen MR) is 76.1 cm³/mol. The molecule has 3 heteroatoms. The Hall–Kier alpha value is -0.380. The molecule has 0 spiro atoms. The first-order chi connectivity index (χ1) is 8.24. The van der Waals surface area contributed by atoms with E-state index in [1.165, 1.54) is 38.0 Å². The van der Waals surface area contributed by atoms with E-state index in [4.69, 9.17) is 0 Å². The Labute approximate surface area is 113 Å². The lowest BCUT2D eigenvalue weighted by molar-refractivity contribution is 0.234. The van der Waals surface area contributed by atoms with Crippen molar-refractivity contribution in [3.05, 3.63) is 34.3 Å². The molecule has 1 aromatic rings. The molecule has 1 aromatic carbocycles. The van der Waals surface area contributed by atoms with E-state index in [2.05, 4.69) is 57.5 Å². The molecule has 0 unspecified atom stereocenters. The summed E-state index contributed by atoms with van der Waals surface area (Å²) in [5.41, 5.74) is 1.39. The maximum Gasteiger partial charge on any atom is 0.0230 e. The molecular formula is C14H21BrN2. The van der Waals surface area contributed by atoms with Gasteiger partial charge >= 0.3 is 0 Å². The van der Waals surface area contributed by atoms with Crippen LogP contribution in [0.1, 0.15) is 18.4 Å². The van der Waals surface area contributed by atoms with Crippen LogP contribution >= 0.6 is 15.9 Å². The van der Waals surface area contributed by atoms with E-state index >= 15 is 0 Å². The molecular weight excluding hydrogens is 276 g/mol. The molecule has 2 nitrogen and oxygen atoms in total. The van der Waals surface area contributed by atoms with Crippen molar-refractivity contribution in [3.8, 4) is 0 Å². The first kappa shape index (κ1) is 13.1. The zero-order chi connectivity index (χ0) is 12.1. The van der Waals surface area contributed by atoms with Gasteiger partial charge in [-0.2, -0.15) is 0 Å². The Morgan fingerprint density at radius 2 is 1.88 bits per heavy atom. The second kappa shape index (κ2) is 6.53. The maximum absolute atomic E-state index is 3.47. The van der Waals surface area contributed by atoms with Gasteiger partial charge in [-0.3, -0.25) is 0 Å². The van der Waals surface area contributed by atoms with Crippen LogP contribution in [0.5, 0.6) is 0 Å². The number of hydrogen-bond donors (Lipinski definition) is 1. The summed E-state index contributed by atoms with van der Waals surface area (Å²) in [5.74, 6) is 0.872. The standard InChI is InChI=1S/C14H21BrN2/c1-17(11-13-6-8-16-9-7-13)10-12-2-4-14(15)5-3-12/h2-5,13,16H,6-11H2,1H3. The van der Waals surface area contributed by atoms with Gasteiger partial charge in [0.25, 0.3) is 0 Å². The van der Waals surface area contributed by atoms with E-state index in [0.717, 1.165) is 16.9 Å². The molecule has 2 rings (SSSR count). The fourth-order valence-corrected chi connectivity index (χ4v) is 2.74. The molecule has 1 aliphatic heterocycles. The normalized spacial score (nSPS) is 17.6. The van der Waals surface area contributed by atoms with Crippen LogP contribution in [0.3, 0.4) is 0 Å². The lowest BCUT2D eigenvalue weighted by Gasteiger charge is -2.27. The molecule has 1 fully saturated rings. The van der Waals surface area contributed by atoms with Crippen molar-refractivity contribution in [2.45, 2.75) is 19.4 Å². The molecule has 0 aromatic heterocycles. The third kappa shape index (κ3) is 4.41. The van der Waals surface area contributed by atoms with Crippen LogP contribution in [0.2, 0.25) is 0 Å². The van der Waals surface area contributed by atoms with Gasteiger partial charge in [-0.05, 0) is 56.6 Å². The molecule has 0 bridgehead atoms. The van der Waals surface area contributed by atoms with E-state index in [1.54, 1.807) is 0 Å². The summed E-state index contributed by atoms with van der Waals surface area (Å²) in [5, 5.41) is 3.42. The molecule has 1 N–H and O–H groups in total. The van der Waals surface area contributed by atoms with Gasteiger partial charge in [0.15, 0.2) is 0 Å². The minimum Gasteiger partial charge on any atom is -0.317 e. The van der Waals surface area contributed by atoms with Crippen molar-refractivity contribution < 1.29 is 0 Å². The van der Waals surface area contributed by atoms with Gasteiger partial charge in [0.1, 0.15) is 0 Å². The molecule has 0 radical (unpaired) electrons. The lowest BCUT2D eigenvalue weighted by Crippen LogP contribution is -2.34. The summed E-state index contributed by atoms with van der Waals surface area (Å²) in [4.78, 5) is 2.44. The van der Waals surface area contributed by atoms with Crippen molar-refractivity contribution in [2.24, 2.45) is 5.92 Å². The Bertz CT molecular complexity index is 331. The van der Waals surface area contributed by atoms with Crippen LogP contribution in [0.4, 0.5) is 0 Å². The average molecular weight is 297 g/mol. The minimum absolute atomic E-state index is 0.872. The van der Waals surface area contributed by atoms with Crippen LogP contribution in [0, 0.1) is 5.92 Å². The topological polar surface area (TPSA) is 15.3 Å². The molecule has 0 saturated carbocycles. The van der Waals surface area contributed by atoms with E-state index < -0.39 is 0 Å². The fraction of sp³-hybridized carbons (Fsp3) is 0.571. The van der Waals surface area contributed by atoms with Gasteiger partial charge in [-0.1, -0.05) is 28.1 Å². The molecule has 0 amide bonds. The third-order valence-electron chi connectivity index (χ3n) is 3.39. The molecule has 1 aliphatic rings. The number of halogens is 1. The number of nitrogens with zero attached hydrogens (tertiary/aromatic N) is 1. The summed E-state index contributed by atoms with van der Waals surface area (Å²) in [7, 11) is 2.23. The number of benzene rings is 1. The molecule has 0 aliphatic carbocycles. The predicted octanol–water partition coefficient (Wildman–Crippen LogP) is 2.88. The van der Waals surface area contributed by atoms with Crippen LogP contribution in [-0.2, 0) is 6.54 Å². The van der Waals surface area contributed by atoms with E-state index in [9.17, 15) is 0 Å². The van der Waals surface area contributed by atoms with Crippen LogP contribution < -0.4 is 5.32 Å². The SMILES string of the molecule is CN(Cc1ccc(Br)cc1)CC1CCNCC1. The highest BCUT2D eigenvalue weighted by Gasteiger charge is 2.14. The summed E-state index contributed by atoms with van der Waals surface area (Å²) in [6, 6.07) is 8.63. The fourth-order valence-electron chi connectivity index (χ4n) is 2.47. The van der Waals surface area contributed by atoms with Crippen LogP contribution in [-0.4, -0.2) is 31.6 Å². The van der Waals surface area contributed by atoms with Gasteiger partial charge in [-0.15, -0.1) is 0 Å². The summed E-state index contributed by atoms with van der Waals surface area (Å²) in [6.45, 7) is 4.66. The molecule has 94 valence electrons. The van der Waals surface area contributed by atoms with E-state index in [1.807, 2.05) is 0 Å². The molecule has 1 heterocycles. The first-order valence-electron chi connectivity index (χ1n) is 6.38. The average Bonchev–Trinajstić information content (AvgIpc) is 2.33. The largest absolute Gasteiger partial charge is 0.317 e. The zero-order valence-electron chi connectivity index (χ0n) is 10.5. The summed E-state index contributed by atoms with van der Waals surface area (Å²) < 4.78 is 1.15. The number of nitrogens with one attached hydrogen (secondary N) is 1. The van der Waals surface area contributed by atoms with Crippen molar-refractivity contribution in [3.63, 3.8) is 0 Å². The Morgan fingerprint density at radius 3 is 2.53 bits per heavy atom. The second-order valence-electron chi connectivity index (χ2n) is 5.02. The van der Waals surface area contributed by atoms with Gasteiger partial charge in [0, 0.05) is 17.6 Å². The highest BCUT2D eigenvalue weighted by atomic mass is 79.9. The third-order valence-corrected chi connectivity index (χ3v) is 3.92. The number of piperidine rings is 1. The quantitative estimate of drug-likeness (QED) is 0.919. The van der Waals surface area contributed by atoms with E-state index in [0.29, 0.717) is 0 Å². The molecule has 0 atom stereocenters. The van der Waals surface area contributed by atoms with Crippen molar-refractivity contribution in [1.82, 2.24) is 10.2 Å². The second-order valence-corrected chi connectivity index (χ2v) is 5.93. The van der Waals surface area contributed by atoms with Crippen molar-refractivity contribution in [1.29, 1.82) is 0 Å². The summed E-state index contributed by atoms with van der Waals surface area (Å²) >= 11 is 3.47. The minimum atomic E-state index is 0.872. The Balaban J connectivity index is 1.79.